The minimum absolute atomic E-state index is 0.0161. The van der Waals surface area contributed by atoms with Gasteiger partial charge in [0.05, 0.1) is 18.2 Å². The SMILES string of the molecule is C=CCOC12Oc3ccc(OC(=O)NCCCCCCCCCCCC)cc3C3C(CCCCO)C(CCCCO)C=C(C(=NOCc4ccccc4)CC1N(Cc1ccc(F)cc1)C(=O)CCC1CCCC1)C32. The second kappa shape index (κ2) is 29.9. The largest absolute Gasteiger partial charge is 0.459 e. The minimum atomic E-state index is -1.47. The van der Waals surface area contributed by atoms with Gasteiger partial charge in [-0.25, -0.2) is 9.18 Å². The summed E-state index contributed by atoms with van der Waals surface area (Å²) in [5.41, 5.74) is 4.21. The van der Waals surface area contributed by atoms with Crippen molar-refractivity contribution in [3.8, 4) is 11.5 Å². The molecule has 11 nitrogen and oxygen atoms in total. The molecule has 6 unspecified atom stereocenters. The molecule has 4 aliphatic rings. The van der Waals surface area contributed by atoms with Crippen LogP contribution in [0.3, 0.4) is 0 Å². The zero-order valence-corrected chi connectivity index (χ0v) is 44.4. The number of aliphatic hydroxyl groups excluding tert-OH is 2. The maximum absolute atomic E-state index is 15.3. The first-order chi connectivity index (χ1) is 36.3. The monoisotopic (exact) mass is 1020 g/mol. The molecule has 3 aliphatic carbocycles. The number of nitrogens with zero attached hydrogens (tertiary/aromatic N) is 2. The number of nitrogens with one attached hydrogen (secondary N) is 1. The van der Waals surface area contributed by atoms with E-state index in [4.69, 9.17) is 24.2 Å². The van der Waals surface area contributed by atoms with Crippen LogP contribution in [0, 0.1) is 29.5 Å². The molecule has 2 fully saturated rings. The Morgan fingerprint density at radius 3 is 2.26 bits per heavy atom. The van der Waals surface area contributed by atoms with E-state index in [9.17, 15) is 19.4 Å². The summed E-state index contributed by atoms with van der Waals surface area (Å²) in [5, 5.41) is 28.2. The molecule has 3 N–H and O–H groups in total. The van der Waals surface area contributed by atoms with E-state index in [-0.39, 0.29) is 68.9 Å². The van der Waals surface area contributed by atoms with E-state index in [1.807, 2.05) is 47.4 Å². The molecule has 3 aromatic carbocycles. The number of rotatable bonds is 32. The summed E-state index contributed by atoms with van der Waals surface area (Å²) >= 11 is 0. The molecule has 2 amide bonds. The Bertz CT molecular complexity index is 2250. The molecule has 7 rings (SSSR count). The number of allylic oxidation sites excluding steroid dienone is 1. The van der Waals surface area contributed by atoms with E-state index in [0.29, 0.717) is 48.9 Å². The van der Waals surface area contributed by atoms with Gasteiger partial charge in [-0.3, -0.25) is 4.79 Å². The van der Waals surface area contributed by atoms with Crippen LogP contribution in [0.15, 0.2) is 102 Å². The van der Waals surface area contributed by atoms with Crippen LogP contribution in [-0.4, -0.2) is 71.0 Å². The van der Waals surface area contributed by atoms with Crippen molar-refractivity contribution in [1.82, 2.24) is 10.2 Å². The van der Waals surface area contributed by atoms with Gasteiger partial charge in [0.2, 0.25) is 11.7 Å². The fraction of sp³-hybridized carbons (Fsp3) is 0.597. The van der Waals surface area contributed by atoms with E-state index in [1.54, 1.807) is 24.3 Å². The Balaban J connectivity index is 1.29. The average Bonchev–Trinajstić information content (AvgIpc) is 3.94. The standard InChI is InChI=1S/C62H86FN3O8/c1-3-5-6-7-8-9-10-11-12-20-37-64-61(70)73-51-34-35-56-54(42-51)59-52(28-19-22-39-68)49(27-18-21-38-67)41-53-55(65-72-45-48-25-14-13-15-26-48)43-57(62(74-56,60(53)59)71-40-4-2)66(44-47-29-32-50(63)33-30-47)58(69)36-31-46-23-16-17-24-46/h4,13-15,25-26,29-30,32-35,41-42,46,49,52,57,59-60,67-68H,2-3,5-12,16-24,27-28,31,36-40,43-45H2,1H3,(H,64,70). The first-order valence-corrected chi connectivity index (χ1v) is 28.5. The summed E-state index contributed by atoms with van der Waals surface area (Å²) in [7, 11) is 0. The topological polar surface area (TPSA) is 139 Å². The number of aliphatic hydroxyl groups is 2. The lowest BCUT2D eigenvalue weighted by Crippen LogP contribution is -2.70. The molecular formula is C62H86FN3O8. The average molecular weight is 1020 g/mol. The highest BCUT2D eigenvalue weighted by molar-refractivity contribution is 6.03. The Morgan fingerprint density at radius 2 is 1.55 bits per heavy atom. The number of carbonyl (C=O) groups is 2. The molecule has 6 atom stereocenters. The van der Waals surface area contributed by atoms with Crippen LogP contribution in [-0.2, 0) is 27.5 Å². The second-order valence-electron chi connectivity index (χ2n) is 21.4. The van der Waals surface area contributed by atoms with Crippen LogP contribution in [0.1, 0.15) is 177 Å². The van der Waals surface area contributed by atoms with Crippen molar-refractivity contribution in [2.24, 2.45) is 28.8 Å². The zero-order chi connectivity index (χ0) is 52.0. The summed E-state index contributed by atoms with van der Waals surface area (Å²) < 4.78 is 35.3. The van der Waals surface area contributed by atoms with Gasteiger partial charge >= 0.3 is 6.09 Å². The van der Waals surface area contributed by atoms with E-state index in [0.717, 1.165) is 86.5 Å². The first kappa shape index (κ1) is 56.7. The van der Waals surface area contributed by atoms with Gasteiger partial charge in [0.1, 0.15) is 30.0 Å². The van der Waals surface area contributed by atoms with E-state index >= 15 is 4.79 Å². The Labute approximate surface area is 441 Å². The van der Waals surface area contributed by atoms with Gasteiger partial charge in [0.25, 0.3) is 0 Å². The molecule has 2 saturated carbocycles. The van der Waals surface area contributed by atoms with E-state index in [1.165, 1.54) is 69.9 Å². The van der Waals surface area contributed by atoms with Gasteiger partial charge in [-0.15, -0.1) is 6.58 Å². The Morgan fingerprint density at radius 1 is 0.851 bits per heavy atom. The van der Waals surface area contributed by atoms with Crippen molar-refractivity contribution in [3.63, 3.8) is 0 Å². The summed E-state index contributed by atoms with van der Waals surface area (Å²) in [6.45, 7) is 7.55. The number of halogens is 1. The molecule has 3 aromatic rings. The van der Waals surface area contributed by atoms with E-state index < -0.39 is 23.8 Å². The minimum Gasteiger partial charge on any atom is -0.459 e. The van der Waals surface area contributed by atoms with Crippen LogP contribution in [0.5, 0.6) is 11.5 Å². The number of ether oxygens (including phenoxy) is 3. The number of carbonyl (C=O) groups excluding carboxylic acids is 2. The molecule has 1 heterocycles. The van der Waals surface area contributed by atoms with Crippen molar-refractivity contribution in [3.05, 3.63) is 120 Å². The summed E-state index contributed by atoms with van der Waals surface area (Å²) in [6.07, 6.45) is 25.9. The van der Waals surface area contributed by atoms with Crippen LogP contribution >= 0.6 is 0 Å². The van der Waals surface area contributed by atoms with Gasteiger partial charge in [-0.1, -0.05) is 163 Å². The fourth-order valence-corrected chi connectivity index (χ4v) is 12.3. The van der Waals surface area contributed by atoms with Gasteiger partial charge in [-0.2, -0.15) is 0 Å². The van der Waals surface area contributed by atoms with Gasteiger partial charge < -0.3 is 39.5 Å². The third-order valence-corrected chi connectivity index (χ3v) is 16.1. The third kappa shape index (κ3) is 15.5. The maximum atomic E-state index is 15.3. The van der Waals surface area contributed by atoms with Crippen molar-refractivity contribution in [1.29, 1.82) is 0 Å². The molecule has 1 aliphatic heterocycles. The number of fused-ring (bicyclic) bond motifs is 2. The third-order valence-electron chi connectivity index (χ3n) is 16.1. The predicted octanol–water partition coefficient (Wildman–Crippen LogP) is 13.7. The highest BCUT2D eigenvalue weighted by Gasteiger charge is 2.65. The van der Waals surface area contributed by atoms with Crippen LogP contribution < -0.4 is 14.8 Å². The van der Waals surface area contributed by atoms with Crippen LogP contribution in [0.25, 0.3) is 0 Å². The molecule has 0 radical (unpaired) electrons. The quantitative estimate of drug-likeness (QED) is 0.0319. The number of benzene rings is 3. The molecule has 0 spiro atoms. The molecule has 0 bridgehead atoms. The predicted molar refractivity (Wildman–Crippen MR) is 290 cm³/mol. The normalized spacial score (nSPS) is 22.6. The number of hydrogen-bond donors (Lipinski definition) is 3. The molecule has 0 saturated heterocycles. The summed E-state index contributed by atoms with van der Waals surface area (Å²) in [5.74, 6) is -1.27. The molecular weight excluding hydrogens is 934 g/mol. The van der Waals surface area contributed by atoms with Gasteiger partial charge in [-0.05, 0) is 103 Å². The van der Waals surface area contributed by atoms with Crippen LogP contribution in [0.2, 0.25) is 0 Å². The maximum Gasteiger partial charge on any atom is 0.412 e. The zero-order valence-electron chi connectivity index (χ0n) is 44.4. The van der Waals surface area contributed by atoms with Gasteiger partial charge in [0.15, 0.2) is 0 Å². The number of amides is 2. The Hall–Kier alpha value is -5.04. The smallest absolute Gasteiger partial charge is 0.412 e. The van der Waals surface area contributed by atoms with Crippen LogP contribution in [0.4, 0.5) is 9.18 Å². The highest BCUT2D eigenvalue weighted by Crippen LogP contribution is 2.62. The Kier molecular flexibility index (Phi) is 22.9. The first-order valence-electron chi connectivity index (χ1n) is 28.5. The van der Waals surface area contributed by atoms with Gasteiger partial charge in [0, 0.05) is 50.6 Å². The van der Waals surface area contributed by atoms with Crippen molar-refractivity contribution in [2.45, 2.75) is 186 Å². The summed E-state index contributed by atoms with van der Waals surface area (Å²) in [6, 6.07) is 21.1. The van der Waals surface area contributed by atoms with Crippen molar-refractivity contribution < 1.29 is 43.2 Å². The molecule has 404 valence electrons. The lowest BCUT2D eigenvalue weighted by Gasteiger charge is -2.60. The number of oxime groups is 1. The van der Waals surface area contributed by atoms with Crippen molar-refractivity contribution >= 4 is 17.7 Å². The summed E-state index contributed by atoms with van der Waals surface area (Å²) in [4.78, 5) is 37.0. The van der Waals surface area contributed by atoms with Crippen molar-refractivity contribution in [2.75, 3.05) is 26.4 Å². The molecule has 0 aromatic heterocycles. The number of unbranched alkanes of at least 4 members (excludes halogenated alkanes) is 11. The number of hydrogen-bond acceptors (Lipinski definition) is 9. The lowest BCUT2D eigenvalue weighted by molar-refractivity contribution is -0.258. The highest BCUT2D eigenvalue weighted by atomic mass is 19.1. The van der Waals surface area contributed by atoms with E-state index in [2.05, 4.69) is 24.9 Å². The second-order valence-corrected chi connectivity index (χ2v) is 21.4. The lowest BCUT2D eigenvalue weighted by atomic mass is 9.55. The molecule has 74 heavy (non-hydrogen) atoms. The molecule has 12 heteroatoms. The fourth-order valence-electron chi connectivity index (χ4n) is 12.3.